The van der Waals surface area contributed by atoms with Crippen LogP contribution >= 0.6 is 12.4 Å². The van der Waals surface area contributed by atoms with Crippen molar-refractivity contribution in [2.45, 2.75) is 32.2 Å². The van der Waals surface area contributed by atoms with Crippen LogP contribution in [0, 0.1) is 0 Å². The molecule has 1 amide bonds. The molecule has 0 spiro atoms. The molecule has 0 aromatic carbocycles. The second-order valence-corrected chi connectivity index (χ2v) is 4.06. The molecule has 0 aliphatic heterocycles. The van der Waals surface area contributed by atoms with Crippen LogP contribution < -0.4 is 5.73 Å². The normalized spacial score (nSPS) is 11.8. The molecule has 0 aliphatic carbocycles. The lowest BCUT2D eigenvalue weighted by Gasteiger charge is -2.25. The standard InChI is InChI=1S/C12H26N2O3.ClH/c1-4-6-11(13)12(15)14(8-10-17-3)7-5-9-16-2;/h11H,4-10,13H2,1-3H3;1H. The Balaban J connectivity index is 0. The summed E-state index contributed by atoms with van der Waals surface area (Å²) in [6.45, 7) is 4.48. The van der Waals surface area contributed by atoms with Crippen LogP contribution in [0.25, 0.3) is 0 Å². The third kappa shape index (κ3) is 8.69. The number of hydrogen-bond donors (Lipinski definition) is 1. The van der Waals surface area contributed by atoms with Gasteiger partial charge in [0, 0.05) is 33.9 Å². The van der Waals surface area contributed by atoms with Gasteiger partial charge >= 0.3 is 0 Å². The first-order valence-electron chi connectivity index (χ1n) is 6.19. The second-order valence-electron chi connectivity index (χ2n) is 4.06. The third-order valence-electron chi connectivity index (χ3n) is 2.57. The van der Waals surface area contributed by atoms with E-state index >= 15 is 0 Å². The van der Waals surface area contributed by atoms with Crippen LogP contribution in [0.3, 0.4) is 0 Å². The van der Waals surface area contributed by atoms with Gasteiger partial charge in [0.05, 0.1) is 12.6 Å². The molecule has 0 saturated heterocycles. The monoisotopic (exact) mass is 282 g/mol. The lowest BCUT2D eigenvalue weighted by Crippen LogP contribution is -2.45. The third-order valence-corrected chi connectivity index (χ3v) is 2.57. The van der Waals surface area contributed by atoms with Gasteiger partial charge < -0.3 is 20.1 Å². The highest BCUT2D eigenvalue weighted by Gasteiger charge is 2.19. The smallest absolute Gasteiger partial charge is 0.239 e. The molecule has 5 nitrogen and oxygen atoms in total. The van der Waals surface area contributed by atoms with Gasteiger partial charge in [-0.2, -0.15) is 0 Å². The van der Waals surface area contributed by atoms with E-state index in [9.17, 15) is 4.79 Å². The second kappa shape index (κ2) is 13.1. The van der Waals surface area contributed by atoms with Gasteiger partial charge in [0.1, 0.15) is 0 Å². The molecule has 0 aliphatic rings. The molecule has 0 fully saturated rings. The molecule has 0 rings (SSSR count). The fraction of sp³-hybridized carbons (Fsp3) is 0.917. The minimum absolute atomic E-state index is 0. The summed E-state index contributed by atoms with van der Waals surface area (Å²) in [6.07, 6.45) is 2.47. The average molecular weight is 283 g/mol. The molecule has 110 valence electrons. The van der Waals surface area contributed by atoms with Crippen molar-refractivity contribution in [3.8, 4) is 0 Å². The average Bonchev–Trinajstić information content (AvgIpc) is 2.33. The maximum absolute atomic E-state index is 12.0. The Hall–Kier alpha value is -0.360. The van der Waals surface area contributed by atoms with Crippen LogP contribution in [0.1, 0.15) is 26.2 Å². The zero-order chi connectivity index (χ0) is 13.1. The molecule has 6 heteroatoms. The molecule has 0 aromatic heterocycles. The number of nitrogens with zero attached hydrogens (tertiary/aromatic N) is 1. The molecule has 0 bridgehead atoms. The molecular formula is C12H27ClN2O3. The zero-order valence-corrected chi connectivity index (χ0v) is 12.5. The van der Waals surface area contributed by atoms with Crippen molar-refractivity contribution in [1.82, 2.24) is 4.90 Å². The first-order chi connectivity index (χ1) is 8.17. The number of hydrogen-bond acceptors (Lipinski definition) is 4. The highest BCUT2D eigenvalue weighted by Crippen LogP contribution is 2.01. The van der Waals surface area contributed by atoms with Gasteiger partial charge in [-0.15, -0.1) is 12.4 Å². The summed E-state index contributed by atoms with van der Waals surface area (Å²) in [6, 6.07) is -0.389. The number of carbonyl (C=O) groups is 1. The van der Waals surface area contributed by atoms with Gasteiger partial charge in [0.15, 0.2) is 0 Å². The van der Waals surface area contributed by atoms with Crippen molar-refractivity contribution in [1.29, 1.82) is 0 Å². The summed E-state index contributed by atoms with van der Waals surface area (Å²) >= 11 is 0. The van der Waals surface area contributed by atoms with Crippen LogP contribution in [-0.2, 0) is 14.3 Å². The topological polar surface area (TPSA) is 64.8 Å². The number of rotatable bonds is 10. The van der Waals surface area contributed by atoms with Crippen molar-refractivity contribution < 1.29 is 14.3 Å². The highest BCUT2D eigenvalue weighted by molar-refractivity contribution is 5.85. The maximum atomic E-state index is 12.0. The Bertz CT molecular complexity index is 206. The van der Waals surface area contributed by atoms with Crippen LogP contribution in [0.15, 0.2) is 0 Å². The maximum Gasteiger partial charge on any atom is 0.239 e. The van der Waals surface area contributed by atoms with Gasteiger partial charge in [-0.1, -0.05) is 13.3 Å². The highest BCUT2D eigenvalue weighted by atomic mass is 35.5. The predicted molar refractivity (Wildman–Crippen MR) is 75.1 cm³/mol. The molecule has 0 heterocycles. The molecule has 1 atom stereocenters. The summed E-state index contributed by atoms with van der Waals surface area (Å²) in [5, 5.41) is 0. The van der Waals surface area contributed by atoms with Crippen LogP contribution in [0.4, 0.5) is 0 Å². The van der Waals surface area contributed by atoms with E-state index in [2.05, 4.69) is 0 Å². The van der Waals surface area contributed by atoms with Gasteiger partial charge in [0.25, 0.3) is 0 Å². The van der Waals surface area contributed by atoms with E-state index in [1.54, 1.807) is 19.1 Å². The van der Waals surface area contributed by atoms with E-state index in [1.807, 2.05) is 6.92 Å². The number of nitrogens with two attached hydrogens (primary N) is 1. The van der Waals surface area contributed by atoms with Gasteiger partial charge in [-0.25, -0.2) is 0 Å². The largest absolute Gasteiger partial charge is 0.385 e. The Morgan fingerprint density at radius 2 is 1.83 bits per heavy atom. The Morgan fingerprint density at radius 1 is 1.22 bits per heavy atom. The molecule has 0 saturated carbocycles. The SMILES string of the molecule is CCCC(N)C(=O)N(CCCOC)CCOC.Cl. The molecular weight excluding hydrogens is 256 g/mol. The number of halogens is 1. The van der Waals surface area contributed by atoms with E-state index in [0.29, 0.717) is 26.3 Å². The van der Waals surface area contributed by atoms with Crippen molar-refractivity contribution in [2.75, 3.05) is 40.5 Å². The van der Waals surface area contributed by atoms with E-state index in [1.165, 1.54) is 0 Å². The summed E-state index contributed by atoms with van der Waals surface area (Å²) in [4.78, 5) is 13.8. The molecule has 2 N–H and O–H groups in total. The van der Waals surface area contributed by atoms with E-state index < -0.39 is 0 Å². The summed E-state index contributed by atoms with van der Waals surface area (Å²) < 4.78 is 9.99. The van der Waals surface area contributed by atoms with Gasteiger partial charge in [0.2, 0.25) is 5.91 Å². The van der Waals surface area contributed by atoms with Crippen molar-refractivity contribution in [3.05, 3.63) is 0 Å². The summed E-state index contributed by atoms with van der Waals surface area (Å²) in [5.74, 6) is 0.0139. The van der Waals surface area contributed by atoms with Crippen LogP contribution in [0.2, 0.25) is 0 Å². The summed E-state index contributed by atoms with van der Waals surface area (Å²) in [5.41, 5.74) is 5.84. The predicted octanol–water partition coefficient (Wildman–Crippen LogP) is 1.05. The number of ether oxygens (including phenoxy) is 2. The quantitative estimate of drug-likeness (QED) is 0.608. The van der Waals surface area contributed by atoms with Crippen molar-refractivity contribution in [2.24, 2.45) is 5.73 Å². The minimum Gasteiger partial charge on any atom is -0.385 e. The zero-order valence-electron chi connectivity index (χ0n) is 11.7. The fourth-order valence-corrected chi connectivity index (χ4v) is 1.60. The fourth-order valence-electron chi connectivity index (χ4n) is 1.60. The number of amides is 1. The first-order valence-corrected chi connectivity index (χ1v) is 6.19. The molecule has 1 unspecified atom stereocenters. The number of methoxy groups -OCH3 is 2. The Morgan fingerprint density at radius 3 is 2.33 bits per heavy atom. The molecule has 18 heavy (non-hydrogen) atoms. The van der Waals surface area contributed by atoms with Crippen molar-refractivity contribution in [3.63, 3.8) is 0 Å². The van der Waals surface area contributed by atoms with Crippen molar-refractivity contribution >= 4 is 18.3 Å². The van der Waals surface area contributed by atoms with E-state index in [-0.39, 0.29) is 24.4 Å². The Labute approximate surface area is 116 Å². The minimum atomic E-state index is -0.389. The number of carbonyl (C=O) groups excluding carboxylic acids is 1. The molecule has 0 aromatic rings. The molecule has 0 radical (unpaired) electrons. The lowest BCUT2D eigenvalue weighted by molar-refractivity contribution is -0.133. The van der Waals surface area contributed by atoms with Crippen LogP contribution in [0.5, 0.6) is 0 Å². The first kappa shape index (κ1) is 20.0. The summed E-state index contributed by atoms with van der Waals surface area (Å²) in [7, 11) is 3.29. The lowest BCUT2D eigenvalue weighted by atomic mass is 10.1. The van der Waals surface area contributed by atoms with Crippen LogP contribution in [-0.4, -0.2) is 57.4 Å². The van der Waals surface area contributed by atoms with Gasteiger partial charge in [-0.05, 0) is 12.8 Å². The van der Waals surface area contributed by atoms with E-state index in [4.69, 9.17) is 15.2 Å². The Kier molecular flexibility index (Phi) is 14.5. The van der Waals surface area contributed by atoms with Gasteiger partial charge in [-0.3, -0.25) is 4.79 Å². The van der Waals surface area contributed by atoms with E-state index in [0.717, 1.165) is 19.3 Å².